The quantitative estimate of drug-likeness (QED) is 0.231. The summed E-state index contributed by atoms with van der Waals surface area (Å²) < 4.78 is 16.1. The summed E-state index contributed by atoms with van der Waals surface area (Å²) in [4.78, 5) is 35.4. The van der Waals surface area contributed by atoms with E-state index in [1.807, 2.05) is 31.3 Å². The first-order valence-corrected chi connectivity index (χ1v) is 12.9. The van der Waals surface area contributed by atoms with Crippen molar-refractivity contribution in [1.29, 1.82) is 0 Å². The number of hydrogen-bond donors (Lipinski definition) is 4. The van der Waals surface area contributed by atoms with Crippen LogP contribution in [0.15, 0.2) is 48.5 Å². The monoisotopic (exact) mass is 527 g/mol. The van der Waals surface area contributed by atoms with Crippen molar-refractivity contribution in [1.82, 2.24) is 16.0 Å². The molecule has 0 fully saturated rings. The highest BCUT2D eigenvalue weighted by atomic mass is 16.6. The molecule has 0 radical (unpaired) electrons. The van der Waals surface area contributed by atoms with E-state index < -0.39 is 24.0 Å². The van der Waals surface area contributed by atoms with Gasteiger partial charge in [0, 0.05) is 12.5 Å². The third-order valence-corrected chi connectivity index (χ3v) is 6.27. The van der Waals surface area contributed by atoms with Crippen LogP contribution in [0.2, 0.25) is 0 Å². The van der Waals surface area contributed by atoms with Gasteiger partial charge in [0.25, 0.3) is 0 Å². The molecule has 3 rings (SSSR count). The summed E-state index contributed by atoms with van der Waals surface area (Å²) in [7, 11) is 1.83. The average molecular weight is 528 g/mol. The highest BCUT2D eigenvalue weighted by Gasteiger charge is 2.29. The van der Waals surface area contributed by atoms with Crippen LogP contribution in [0.4, 0.5) is 4.79 Å². The maximum Gasteiger partial charge on any atom is 0.407 e. The van der Waals surface area contributed by atoms with Crippen molar-refractivity contribution in [2.45, 2.75) is 31.2 Å². The van der Waals surface area contributed by atoms with Gasteiger partial charge in [0.15, 0.2) is 0 Å². The molecule has 206 valence electrons. The van der Waals surface area contributed by atoms with Gasteiger partial charge in [0.1, 0.15) is 19.3 Å². The fourth-order valence-corrected chi connectivity index (χ4v) is 4.40. The van der Waals surface area contributed by atoms with Crippen LogP contribution in [0.3, 0.4) is 0 Å². The fourth-order valence-electron chi connectivity index (χ4n) is 4.40. The molecule has 0 heterocycles. The van der Waals surface area contributed by atoms with Crippen molar-refractivity contribution in [3.05, 3.63) is 59.7 Å². The zero-order valence-corrected chi connectivity index (χ0v) is 21.7. The third kappa shape index (κ3) is 8.83. The number of amides is 2. The molecule has 0 spiro atoms. The van der Waals surface area contributed by atoms with Gasteiger partial charge in [-0.2, -0.15) is 0 Å². The first kappa shape index (κ1) is 29.1. The lowest BCUT2D eigenvalue weighted by atomic mass is 9.98. The van der Waals surface area contributed by atoms with E-state index in [1.54, 1.807) is 0 Å². The van der Waals surface area contributed by atoms with Crippen molar-refractivity contribution in [3.63, 3.8) is 0 Å². The molecule has 1 aliphatic carbocycles. The Labute approximate surface area is 223 Å². The second-order valence-corrected chi connectivity index (χ2v) is 8.97. The standard InChI is InChI=1S/C28H37N3O7/c1-29-13-7-6-12-25(27(33)34)31-26(32)19-37-17-16-36-15-14-30-28(35)38-18-24-22-10-4-2-8-20(22)21-9-3-5-11-23(21)24/h2-5,8-11,24-25,29H,6-7,12-19H2,1H3,(H,30,35)(H,31,32)(H,33,34). The molecule has 0 saturated carbocycles. The van der Waals surface area contributed by atoms with E-state index in [1.165, 1.54) is 11.1 Å². The molecule has 1 unspecified atom stereocenters. The summed E-state index contributed by atoms with van der Waals surface area (Å²) in [6.45, 7) is 1.71. The molecule has 0 aromatic heterocycles. The number of carboxylic acids is 1. The maximum absolute atomic E-state index is 12.2. The Kier molecular flexibility index (Phi) is 12.0. The summed E-state index contributed by atoms with van der Waals surface area (Å²) in [6.07, 6.45) is 1.38. The highest BCUT2D eigenvalue weighted by molar-refractivity contribution is 5.84. The summed E-state index contributed by atoms with van der Waals surface area (Å²) in [5, 5.41) is 17.4. The van der Waals surface area contributed by atoms with E-state index >= 15 is 0 Å². The summed E-state index contributed by atoms with van der Waals surface area (Å²) in [5.41, 5.74) is 4.65. The summed E-state index contributed by atoms with van der Waals surface area (Å²) >= 11 is 0. The summed E-state index contributed by atoms with van der Waals surface area (Å²) in [5.74, 6) is -1.54. The maximum atomic E-state index is 12.2. The number of hydrogen-bond acceptors (Lipinski definition) is 7. The van der Waals surface area contributed by atoms with Crippen molar-refractivity contribution in [2.24, 2.45) is 0 Å². The number of fused-ring (bicyclic) bond motifs is 3. The van der Waals surface area contributed by atoms with Crippen LogP contribution >= 0.6 is 0 Å². The van der Waals surface area contributed by atoms with Gasteiger partial charge in [0.2, 0.25) is 5.91 Å². The lowest BCUT2D eigenvalue weighted by Crippen LogP contribution is -2.42. The minimum absolute atomic E-state index is 0.00267. The van der Waals surface area contributed by atoms with Crippen LogP contribution < -0.4 is 16.0 Å². The molecular formula is C28H37N3O7. The minimum Gasteiger partial charge on any atom is -0.480 e. The Morgan fingerprint density at radius 2 is 1.55 bits per heavy atom. The van der Waals surface area contributed by atoms with Crippen molar-refractivity contribution in [3.8, 4) is 11.1 Å². The molecule has 38 heavy (non-hydrogen) atoms. The average Bonchev–Trinajstić information content (AvgIpc) is 3.24. The Morgan fingerprint density at radius 3 is 2.21 bits per heavy atom. The van der Waals surface area contributed by atoms with E-state index in [-0.39, 0.29) is 45.5 Å². The second-order valence-electron chi connectivity index (χ2n) is 8.97. The predicted molar refractivity (Wildman–Crippen MR) is 142 cm³/mol. The van der Waals surface area contributed by atoms with E-state index in [2.05, 4.69) is 40.2 Å². The number of unbranched alkanes of at least 4 members (excludes halogenated alkanes) is 1. The van der Waals surface area contributed by atoms with Gasteiger partial charge < -0.3 is 35.3 Å². The molecular weight excluding hydrogens is 490 g/mol. The number of aliphatic carboxylic acids is 1. The Morgan fingerprint density at radius 1 is 0.895 bits per heavy atom. The topological polar surface area (TPSA) is 135 Å². The molecule has 0 saturated heterocycles. The van der Waals surface area contributed by atoms with Gasteiger partial charge in [-0.25, -0.2) is 9.59 Å². The molecule has 2 amide bonds. The number of benzene rings is 2. The molecule has 0 bridgehead atoms. The minimum atomic E-state index is -1.06. The van der Waals surface area contributed by atoms with E-state index in [0.717, 1.165) is 24.1 Å². The largest absolute Gasteiger partial charge is 0.480 e. The predicted octanol–water partition coefficient (Wildman–Crippen LogP) is 2.52. The smallest absolute Gasteiger partial charge is 0.407 e. The number of alkyl carbamates (subject to hydrolysis) is 1. The van der Waals surface area contributed by atoms with E-state index in [9.17, 15) is 19.5 Å². The Balaban J connectivity index is 1.24. The fraction of sp³-hybridized carbons (Fsp3) is 0.464. The third-order valence-electron chi connectivity index (χ3n) is 6.27. The first-order valence-electron chi connectivity index (χ1n) is 12.9. The normalized spacial score (nSPS) is 12.9. The number of ether oxygens (including phenoxy) is 3. The first-order chi connectivity index (χ1) is 18.5. The molecule has 4 N–H and O–H groups in total. The van der Waals surface area contributed by atoms with Crippen LogP contribution in [0.5, 0.6) is 0 Å². The number of nitrogens with one attached hydrogen (secondary N) is 3. The molecule has 10 heteroatoms. The zero-order valence-electron chi connectivity index (χ0n) is 21.7. The Bertz CT molecular complexity index is 1020. The molecule has 10 nitrogen and oxygen atoms in total. The van der Waals surface area contributed by atoms with Crippen LogP contribution in [-0.2, 0) is 23.8 Å². The number of carbonyl (C=O) groups is 3. The lowest BCUT2D eigenvalue weighted by Gasteiger charge is -2.15. The number of carbonyl (C=O) groups excluding carboxylic acids is 2. The van der Waals surface area contributed by atoms with Crippen molar-refractivity contribution < 1.29 is 33.7 Å². The molecule has 2 aromatic carbocycles. The van der Waals surface area contributed by atoms with Crippen LogP contribution in [-0.4, -0.2) is 82.3 Å². The van der Waals surface area contributed by atoms with Crippen LogP contribution in [0, 0.1) is 0 Å². The molecule has 2 aromatic rings. The molecule has 1 atom stereocenters. The van der Waals surface area contributed by atoms with Crippen LogP contribution in [0.25, 0.3) is 11.1 Å². The van der Waals surface area contributed by atoms with Gasteiger partial charge in [-0.15, -0.1) is 0 Å². The SMILES string of the molecule is CNCCCCC(NC(=O)COCCOCCNC(=O)OCC1c2ccccc2-c2ccccc21)C(=O)O. The zero-order chi connectivity index (χ0) is 27.2. The van der Waals surface area contributed by atoms with E-state index in [4.69, 9.17) is 14.2 Å². The van der Waals surface area contributed by atoms with E-state index in [0.29, 0.717) is 12.8 Å². The van der Waals surface area contributed by atoms with Crippen LogP contribution in [0.1, 0.15) is 36.3 Å². The van der Waals surface area contributed by atoms with Gasteiger partial charge in [-0.1, -0.05) is 48.5 Å². The number of rotatable bonds is 17. The van der Waals surface area contributed by atoms with Crippen molar-refractivity contribution >= 4 is 18.0 Å². The van der Waals surface area contributed by atoms with Gasteiger partial charge in [-0.3, -0.25) is 4.79 Å². The summed E-state index contributed by atoms with van der Waals surface area (Å²) in [6, 6.07) is 15.4. The lowest BCUT2D eigenvalue weighted by molar-refractivity contribution is -0.142. The van der Waals surface area contributed by atoms with Gasteiger partial charge >= 0.3 is 12.1 Å². The van der Waals surface area contributed by atoms with Crippen molar-refractivity contribution in [2.75, 3.05) is 53.2 Å². The van der Waals surface area contributed by atoms with Gasteiger partial charge in [-0.05, 0) is 55.1 Å². The second kappa shape index (κ2) is 15.7. The molecule has 1 aliphatic rings. The highest BCUT2D eigenvalue weighted by Crippen LogP contribution is 2.44. The van der Waals surface area contributed by atoms with Gasteiger partial charge in [0.05, 0.1) is 19.8 Å². The number of carboxylic acid groups (broad SMARTS) is 1. The Hall–Kier alpha value is -3.47. The molecule has 0 aliphatic heterocycles.